The molecule has 0 aliphatic heterocycles. The molecular weight excluding hydrogens is 445 g/mol. The number of carbonyl (C=O) groups is 1. The minimum atomic E-state index is -4.62. The number of alkyl halides is 3. The molecular formula is C21H26ClF3N6O. The zero-order valence-electron chi connectivity index (χ0n) is 18.1. The number of amides is 2. The van der Waals surface area contributed by atoms with Gasteiger partial charge in [-0.2, -0.15) is 18.2 Å². The van der Waals surface area contributed by atoms with E-state index in [2.05, 4.69) is 25.9 Å². The van der Waals surface area contributed by atoms with E-state index in [0.717, 1.165) is 30.3 Å². The molecule has 3 N–H and O–H groups in total. The zero-order chi connectivity index (χ0) is 23.5. The van der Waals surface area contributed by atoms with Gasteiger partial charge in [-0.1, -0.05) is 17.7 Å². The third-order valence-corrected chi connectivity index (χ3v) is 5.64. The average Bonchev–Trinajstić information content (AvgIpc) is 2.71. The van der Waals surface area contributed by atoms with Crippen molar-refractivity contribution in [1.82, 2.24) is 15.3 Å². The van der Waals surface area contributed by atoms with Gasteiger partial charge < -0.3 is 20.9 Å². The molecule has 0 unspecified atom stereocenters. The van der Waals surface area contributed by atoms with Gasteiger partial charge in [0.25, 0.3) is 0 Å². The molecule has 0 radical (unpaired) electrons. The van der Waals surface area contributed by atoms with Crippen molar-refractivity contribution in [2.24, 2.45) is 0 Å². The van der Waals surface area contributed by atoms with E-state index >= 15 is 0 Å². The van der Waals surface area contributed by atoms with Gasteiger partial charge in [0.1, 0.15) is 5.82 Å². The largest absolute Gasteiger partial charge is 0.418 e. The highest BCUT2D eigenvalue weighted by atomic mass is 35.5. The van der Waals surface area contributed by atoms with E-state index in [-0.39, 0.29) is 17.1 Å². The highest BCUT2D eigenvalue weighted by Gasteiger charge is 2.35. The molecule has 1 heterocycles. The maximum atomic E-state index is 13.2. The van der Waals surface area contributed by atoms with Gasteiger partial charge in [-0.25, -0.2) is 9.78 Å². The molecule has 1 saturated carbocycles. The molecule has 174 valence electrons. The second kappa shape index (κ2) is 9.81. The van der Waals surface area contributed by atoms with Gasteiger partial charge in [0.15, 0.2) is 0 Å². The summed E-state index contributed by atoms with van der Waals surface area (Å²) in [5.74, 6) is 1.39. The monoisotopic (exact) mass is 470 g/mol. The van der Waals surface area contributed by atoms with Crippen LogP contribution in [0.2, 0.25) is 5.02 Å². The number of anilines is 3. The maximum absolute atomic E-state index is 13.2. The van der Waals surface area contributed by atoms with Gasteiger partial charge in [-0.05, 0) is 44.7 Å². The summed E-state index contributed by atoms with van der Waals surface area (Å²) >= 11 is 5.89. The van der Waals surface area contributed by atoms with Crippen molar-refractivity contribution in [1.29, 1.82) is 0 Å². The molecule has 1 aromatic carbocycles. The molecule has 0 atom stereocenters. The molecule has 7 nitrogen and oxygen atoms in total. The molecule has 1 aliphatic carbocycles. The number of para-hydroxylation sites is 1. The van der Waals surface area contributed by atoms with Crippen LogP contribution in [-0.2, 0) is 6.18 Å². The van der Waals surface area contributed by atoms with Crippen molar-refractivity contribution in [3.05, 3.63) is 40.5 Å². The highest BCUT2D eigenvalue weighted by Crippen LogP contribution is 2.38. The van der Waals surface area contributed by atoms with Gasteiger partial charge in [0, 0.05) is 37.9 Å². The summed E-state index contributed by atoms with van der Waals surface area (Å²) in [6.07, 6.45) is 0.0187. The summed E-state index contributed by atoms with van der Waals surface area (Å²) in [4.78, 5) is 23.1. The fourth-order valence-electron chi connectivity index (χ4n) is 3.74. The Bertz CT molecular complexity index is 961. The summed E-state index contributed by atoms with van der Waals surface area (Å²) in [5, 5.41) is 8.17. The van der Waals surface area contributed by atoms with Crippen LogP contribution >= 0.6 is 11.6 Å². The zero-order valence-corrected chi connectivity index (χ0v) is 18.8. The lowest BCUT2D eigenvalue weighted by molar-refractivity contribution is -0.136. The Morgan fingerprint density at radius 1 is 1.16 bits per heavy atom. The lowest BCUT2D eigenvalue weighted by Crippen LogP contribution is -2.42. The molecule has 3 rings (SSSR count). The van der Waals surface area contributed by atoms with E-state index in [1.54, 1.807) is 6.20 Å². The van der Waals surface area contributed by atoms with Gasteiger partial charge in [0.05, 0.1) is 16.3 Å². The number of aryl methyl sites for hydroxylation is 1. The van der Waals surface area contributed by atoms with Crippen LogP contribution in [0.5, 0.6) is 0 Å². The topological polar surface area (TPSA) is 82.2 Å². The lowest BCUT2D eigenvalue weighted by atomic mass is 9.91. The Kier molecular flexibility index (Phi) is 7.33. The smallest absolute Gasteiger partial charge is 0.362 e. The van der Waals surface area contributed by atoms with Crippen molar-refractivity contribution >= 4 is 35.1 Å². The Morgan fingerprint density at radius 3 is 2.44 bits per heavy atom. The van der Waals surface area contributed by atoms with Crippen molar-refractivity contribution in [2.75, 3.05) is 29.6 Å². The van der Waals surface area contributed by atoms with Crippen LogP contribution in [0.4, 0.5) is 35.4 Å². The van der Waals surface area contributed by atoms with Gasteiger partial charge in [0.2, 0.25) is 5.95 Å². The summed E-state index contributed by atoms with van der Waals surface area (Å²) in [6, 6.07) is 2.67. The third-order valence-electron chi connectivity index (χ3n) is 5.32. The van der Waals surface area contributed by atoms with E-state index in [0.29, 0.717) is 18.8 Å². The molecule has 1 aliphatic rings. The van der Waals surface area contributed by atoms with Crippen LogP contribution in [0.1, 0.15) is 36.8 Å². The van der Waals surface area contributed by atoms with Gasteiger partial charge in [-0.15, -0.1) is 0 Å². The van der Waals surface area contributed by atoms with Crippen LogP contribution in [0.15, 0.2) is 24.4 Å². The quantitative estimate of drug-likeness (QED) is 0.568. The number of nitrogens with one attached hydrogen (secondary N) is 3. The maximum Gasteiger partial charge on any atom is 0.418 e. The van der Waals surface area contributed by atoms with Gasteiger partial charge >= 0.3 is 12.2 Å². The van der Waals surface area contributed by atoms with Crippen molar-refractivity contribution in [3.63, 3.8) is 0 Å². The number of nitrogens with zero attached hydrogens (tertiary/aromatic N) is 3. The molecule has 32 heavy (non-hydrogen) atoms. The molecule has 11 heteroatoms. The highest BCUT2D eigenvalue weighted by molar-refractivity contribution is 6.33. The molecule has 0 saturated heterocycles. The molecule has 2 amide bonds. The fourth-order valence-corrected chi connectivity index (χ4v) is 3.96. The molecule has 0 spiro atoms. The number of hydrogen-bond donors (Lipinski definition) is 3. The normalized spacial score (nSPS) is 18.7. The number of benzene rings is 1. The van der Waals surface area contributed by atoms with E-state index in [9.17, 15) is 18.0 Å². The van der Waals surface area contributed by atoms with Crippen LogP contribution in [0, 0.1) is 6.92 Å². The predicted molar refractivity (Wildman–Crippen MR) is 119 cm³/mol. The number of hydrogen-bond acceptors (Lipinski definition) is 5. The Labute approximate surface area is 189 Å². The molecule has 1 fully saturated rings. The summed E-state index contributed by atoms with van der Waals surface area (Å²) in [7, 11) is 3.84. The first kappa shape index (κ1) is 23.9. The molecule has 2 aromatic rings. The average molecular weight is 471 g/mol. The van der Waals surface area contributed by atoms with Crippen molar-refractivity contribution < 1.29 is 18.0 Å². The minimum Gasteiger partial charge on any atom is -0.362 e. The number of rotatable bonds is 5. The summed E-state index contributed by atoms with van der Waals surface area (Å²) < 4.78 is 39.6. The van der Waals surface area contributed by atoms with E-state index < -0.39 is 23.5 Å². The molecule has 1 aromatic heterocycles. The van der Waals surface area contributed by atoms with Crippen LogP contribution < -0.4 is 20.9 Å². The van der Waals surface area contributed by atoms with Crippen molar-refractivity contribution in [3.8, 4) is 0 Å². The fraction of sp³-hybridized carbons (Fsp3) is 0.476. The first-order valence-corrected chi connectivity index (χ1v) is 10.6. The standard InChI is InChI=1S/C21H26ClF3N6O/c1-12-11-26-19(30-18(12)31(2)3)27-13-7-9-14(10-8-13)28-20(32)29-17-15(21(23,24)25)5-4-6-16(17)22/h4-6,11,13-14H,7-10H2,1-3H3,(H,26,27,30)(H2,28,29,32)/t13-,14+. The van der Waals surface area contributed by atoms with Crippen LogP contribution in [0.3, 0.4) is 0 Å². The number of urea groups is 1. The van der Waals surface area contributed by atoms with Crippen molar-refractivity contribution in [2.45, 2.75) is 50.9 Å². The second-order valence-corrected chi connectivity index (χ2v) is 8.45. The van der Waals surface area contributed by atoms with E-state index in [1.807, 2.05) is 25.9 Å². The Balaban J connectivity index is 1.54. The Morgan fingerprint density at radius 2 is 1.81 bits per heavy atom. The van der Waals surface area contributed by atoms with Crippen LogP contribution in [-0.4, -0.2) is 42.2 Å². The number of carbonyl (C=O) groups excluding carboxylic acids is 1. The first-order valence-electron chi connectivity index (χ1n) is 10.3. The van der Waals surface area contributed by atoms with E-state index in [4.69, 9.17) is 11.6 Å². The lowest BCUT2D eigenvalue weighted by Gasteiger charge is -2.30. The third kappa shape index (κ3) is 5.93. The number of halogens is 4. The SMILES string of the molecule is Cc1cnc(N[C@H]2CC[C@@H](NC(=O)Nc3c(Cl)cccc3C(F)(F)F)CC2)nc1N(C)C. The van der Waals surface area contributed by atoms with Crippen LogP contribution in [0.25, 0.3) is 0 Å². The minimum absolute atomic E-state index is 0.147. The summed E-state index contributed by atoms with van der Waals surface area (Å²) in [6.45, 7) is 1.95. The van der Waals surface area contributed by atoms with Gasteiger partial charge in [-0.3, -0.25) is 0 Å². The van der Waals surface area contributed by atoms with E-state index in [1.165, 1.54) is 12.1 Å². The number of aromatic nitrogens is 2. The summed E-state index contributed by atoms with van der Waals surface area (Å²) in [5.41, 5.74) is -0.447. The Hall–Kier alpha value is -2.75. The first-order chi connectivity index (χ1) is 15.0. The predicted octanol–water partition coefficient (Wildman–Crippen LogP) is 5.07. The molecule has 0 bridgehead atoms. The second-order valence-electron chi connectivity index (χ2n) is 8.05.